The average molecular weight is 475 g/mol. The van der Waals surface area contributed by atoms with Gasteiger partial charge in [-0.2, -0.15) is 11.3 Å². The molecule has 2 aromatic carbocycles. The maximum atomic E-state index is 13.5. The zero-order valence-corrected chi connectivity index (χ0v) is 19.3. The number of nitrogens with zero attached hydrogens (tertiary/aromatic N) is 3. The molecule has 0 unspecified atom stereocenters. The smallest absolute Gasteiger partial charge is 0.268 e. The lowest BCUT2D eigenvalue weighted by Gasteiger charge is -2.12. The van der Waals surface area contributed by atoms with Crippen molar-refractivity contribution < 1.29 is 9.18 Å². The minimum Gasteiger partial charge on any atom is -0.312 e. The van der Waals surface area contributed by atoms with Gasteiger partial charge in [-0.3, -0.25) is 4.79 Å². The van der Waals surface area contributed by atoms with Crippen molar-refractivity contribution in [1.29, 1.82) is 0 Å². The number of nitrogens with one attached hydrogen (secondary N) is 1. The van der Waals surface area contributed by atoms with Crippen LogP contribution >= 0.6 is 22.7 Å². The van der Waals surface area contributed by atoms with E-state index in [4.69, 9.17) is 0 Å². The second-order valence-corrected chi connectivity index (χ2v) is 9.24. The molecule has 0 saturated heterocycles. The molecule has 5 rings (SSSR count). The van der Waals surface area contributed by atoms with Gasteiger partial charge in [0.15, 0.2) is 0 Å². The second kappa shape index (κ2) is 9.09. The van der Waals surface area contributed by atoms with Crippen molar-refractivity contribution >= 4 is 34.4 Å². The summed E-state index contributed by atoms with van der Waals surface area (Å²) in [5.41, 5.74) is 4.06. The number of carbonyl (C=O) groups excluding carboxylic acids is 1. The number of benzene rings is 2. The lowest BCUT2D eigenvalue weighted by Crippen LogP contribution is -2.16. The molecule has 5 nitrogen and oxygen atoms in total. The number of thiophene rings is 1. The highest BCUT2D eigenvalue weighted by atomic mass is 32.1. The van der Waals surface area contributed by atoms with Gasteiger partial charge in [0.25, 0.3) is 5.91 Å². The number of halogens is 1. The van der Waals surface area contributed by atoms with E-state index >= 15 is 0 Å². The topological polar surface area (TPSA) is 59.8 Å². The minimum atomic E-state index is -0.325. The first-order valence-corrected chi connectivity index (χ1v) is 12.0. The van der Waals surface area contributed by atoms with Crippen LogP contribution in [0.2, 0.25) is 0 Å². The van der Waals surface area contributed by atoms with Crippen molar-refractivity contribution in [2.75, 3.05) is 5.32 Å². The first kappa shape index (κ1) is 21.2. The van der Waals surface area contributed by atoms with Crippen molar-refractivity contribution in [1.82, 2.24) is 14.5 Å². The van der Waals surface area contributed by atoms with Crippen LogP contribution in [-0.4, -0.2) is 20.4 Å². The van der Waals surface area contributed by atoms with Crippen LogP contribution in [-0.2, 0) is 6.54 Å². The molecule has 1 N–H and O–H groups in total. The maximum absolute atomic E-state index is 13.5. The van der Waals surface area contributed by atoms with Crippen molar-refractivity contribution in [3.05, 3.63) is 99.7 Å². The van der Waals surface area contributed by atoms with Crippen LogP contribution < -0.4 is 5.32 Å². The van der Waals surface area contributed by atoms with Gasteiger partial charge in [-0.05, 0) is 48.2 Å². The maximum Gasteiger partial charge on any atom is 0.268 e. The Morgan fingerprint density at radius 2 is 1.85 bits per heavy atom. The minimum absolute atomic E-state index is 0.246. The number of carbonyl (C=O) groups is 1. The molecule has 0 saturated carbocycles. The number of rotatable bonds is 6. The van der Waals surface area contributed by atoms with Gasteiger partial charge in [0.2, 0.25) is 0 Å². The number of imidazole rings is 1. The monoisotopic (exact) mass is 474 g/mol. The van der Waals surface area contributed by atoms with Crippen LogP contribution in [0.5, 0.6) is 0 Å². The first-order chi connectivity index (χ1) is 16.1. The molecule has 33 heavy (non-hydrogen) atoms. The second-order valence-electron chi connectivity index (χ2n) is 7.46. The zero-order valence-electron chi connectivity index (χ0n) is 17.7. The predicted molar refractivity (Wildman–Crippen MR) is 131 cm³/mol. The van der Waals surface area contributed by atoms with E-state index in [-0.39, 0.29) is 11.7 Å². The van der Waals surface area contributed by atoms with Gasteiger partial charge < -0.3 is 9.88 Å². The largest absolute Gasteiger partial charge is 0.312 e. The van der Waals surface area contributed by atoms with Crippen LogP contribution in [0, 0.1) is 12.7 Å². The van der Waals surface area contributed by atoms with Gasteiger partial charge in [0.1, 0.15) is 27.2 Å². The highest BCUT2D eigenvalue weighted by Gasteiger charge is 2.21. The number of hydrogen-bond donors (Lipinski definition) is 1. The average Bonchev–Trinajstić information content (AvgIpc) is 3.56. The van der Waals surface area contributed by atoms with Gasteiger partial charge in [-0.25, -0.2) is 14.4 Å². The molecule has 0 spiro atoms. The summed E-state index contributed by atoms with van der Waals surface area (Å²) in [4.78, 5) is 23.0. The number of anilines is 1. The first-order valence-electron chi connectivity index (χ1n) is 10.2. The van der Waals surface area contributed by atoms with E-state index in [1.165, 1.54) is 23.5 Å². The molecular formula is C25H19FN4OS2. The van der Waals surface area contributed by atoms with Crippen LogP contribution in [0.1, 0.15) is 20.9 Å². The van der Waals surface area contributed by atoms with Crippen molar-refractivity contribution in [2.45, 2.75) is 13.5 Å². The fourth-order valence-electron chi connectivity index (χ4n) is 3.51. The predicted octanol–water partition coefficient (Wildman–Crippen LogP) is 6.48. The molecule has 0 atom stereocenters. The molecule has 3 aromatic heterocycles. The van der Waals surface area contributed by atoms with E-state index in [0.717, 1.165) is 21.7 Å². The Morgan fingerprint density at radius 3 is 2.58 bits per heavy atom. The fourth-order valence-corrected chi connectivity index (χ4v) is 5.19. The van der Waals surface area contributed by atoms with Crippen LogP contribution in [0.25, 0.3) is 21.8 Å². The van der Waals surface area contributed by atoms with E-state index in [9.17, 15) is 9.18 Å². The molecule has 0 radical (unpaired) electrons. The SMILES string of the molecule is Cc1nc(-c2ccsc2)sc1C(=O)Nc1c(-c2ccc(F)cc2)ncn1Cc1ccccc1. The molecule has 164 valence electrons. The summed E-state index contributed by atoms with van der Waals surface area (Å²) in [6, 6.07) is 18.0. The third-order valence-corrected chi connectivity index (χ3v) is 7.04. The lowest BCUT2D eigenvalue weighted by atomic mass is 10.1. The fraction of sp³-hybridized carbons (Fsp3) is 0.0800. The van der Waals surface area contributed by atoms with Crippen LogP contribution in [0.15, 0.2) is 77.8 Å². The number of thiazole rings is 1. The van der Waals surface area contributed by atoms with Crippen LogP contribution in [0.3, 0.4) is 0 Å². The van der Waals surface area contributed by atoms with Gasteiger partial charge in [-0.1, -0.05) is 30.3 Å². The Balaban J connectivity index is 1.51. The third-order valence-electron chi connectivity index (χ3n) is 5.15. The Hall–Kier alpha value is -3.62. The Labute approximate surface area is 198 Å². The van der Waals surface area contributed by atoms with E-state index in [2.05, 4.69) is 15.3 Å². The summed E-state index contributed by atoms with van der Waals surface area (Å²) in [5.74, 6) is -0.0145. The summed E-state index contributed by atoms with van der Waals surface area (Å²) in [6.07, 6.45) is 1.69. The molecule has 1 amide bonds. The van der Waals surface area contributed by atoms with Crippen LogP contribution in [0.4, 0.5) is 10.2 Å². The number of aromatic nitrogens is 3. The summed E-state index contributed by atoms with van der Waals surface area (Å²) >= 11 is 2.96. The summed E-state index contributed by atoms with van der Waals surface area (Å²) in [5, 5.41) is 7.87. The molecule has 0 bridgehead atoms. The molecule has 0 aliphatic carbocycles. The lowest BCUT2D eigenvalue weighted by molar-refractivity contribution is 0.102. The molecule has 0 aliphatic rings. The quantitative estimate of drug-likeness (QED) is 0.306. The third kappa shape index (κ3) is 4.48. The number of aryl methyl sites for hydroxylation is 1. The van der Waals surface area contributed by atoms with E-state index in [1.54, 1.807) is 29.8 Å². The summed E-state index contributed by atoms with van der Waals surface area (Å²) < 4.78 is 15.4. The van der Waals surface area contributed by atoms with Crippen molar-refractivity contribution in [3.63, 3.8) is 0 Å². The van der Waals surface area contributed by atoms with Crippen molar-refractivity contribution in [2.24, 2.45) is 0 Å². The highest BCUT2D eigenvalue weighted by Crippen LogP contribution is 2.32. The van der Waals surface area contributed by atoms with E-state index in [0.29, 0.717) is 28.6 Å². The van der Waals surface area contributed by atoms with Gasteiger partial charge >= 0.3 is 0 Å². The molecule has 5 aromatic rings. The zero-order chi connectivity index (χ0) is 22.8. The van der Waals surface area contributed by atoms with E-state index < -0.39 is 0 Å². The van der Waals surface area contributed by atoms with Gasteiger partial charge in [-0.15, -0.1) is 11.3 Å². The summed E-state index contributed by atoms with van der Waals surface area (Å²) in [7, 11) is 0. The van der Waals surface area contributed by atoms with E-state index in [1.807, 2.05) is 58.6 Å². The standard InChI is InChI=1S/C25H19FN4OS2/c1-16-22(33-25(28-16)19-11-12-32-14-19)24(31)29-23-21(18-7-9-20(26)10-8-18)27-15-30(23)13-17-5-3-2-4-6-17/h2-12,14-15H,13H2,1H3,(H,29,31). The summed E-state index contributed by atoms with van der Waals surface area (Å²) in [6.45, 7) is 2.37. The highest BCUT2D eigenvalue weighted by molar-refractivity contribution is 7.17. The number of amides is 1. The normalized spacial score (nSPS) is 11.0. The number of hydrogen-bond acceptors (Lipinski definition) is 5. The molecule has 0 aliphatic heterocycles. The Kier molecular flexibility index (Phi) is 5.85. The molecule has 8 heteroatoms. The molecule has 0 fully saturated rings. The van der Waals surface area contributed by atoms with Gasteiger partial charge in [0, 0.05) is 16.5 Å². The molecular weight excluding hydrogens is 455 g/mol. The molecule has 3 heterocycles. The van der Waals surface area contributed by atoms with Gasteiger partial charge in [0.05, 0.1) is 18.6 Å². The van der Waals surface area contributed by atoms with Crippen molar-refractivity contribution in [3.8, 4) is 21.8 Å². The Bertz CT molecular complexity index is 1390. The Morgan fingerprint density at radius 1 is 1.06 bits per heavy atom.